The largest absolute Gasteiger partial charge is 0.489 e. The number of anilines is 2. The molecule has 0 spiro atoms. The van der Waals surface area contributed by atoms with E-state index in [1.165, 1.54) is 18.3 Å². The highest BCUT2D eigenvalue weighted by Gasteiger charge is 2.25. The van der Waals surface area contributed by atoms with Gasteiger partial charge in [-0.2, -0.15) is 0 Å². The third kappa shape index (κ3) is 3.00. The molecular weight excluding hydrogens is 378 g/mol. The molecule has 21 heavy (non-hydrogen) atoms. The Bertz CT molecular complexity index is 692. The number of carbonyl (C=O) groups excluding carboxylic acids is 1. The summed E-state index contributed by atoms with van der Waals surface area (Å²) in [6.45, 7) is 2.48. The van der Waals surface area contributed by atoms with Crippen molar-refractivity contribution < 1.29 is 9.53 Å². The van der Waals surface area contributed by atoms with E-state index in [0.29, 0.717) is 40.4 Å². The first-order valence-electron chi connectivity index (χ1n) is 6.02. The molecule has 8 heteroatoms. The molecule has 1 aliphatic heterocycles. The van der Waals surface area contributed by atoms with Crippen molar-refractivity contribution >= 4 is 56.6 Å². The second kappa shape index (κ2) is 6.21. The van der Waals surface area contributed by atoms with E-state index >= 15 is 0 Å². The number of nitrogen functional groups attached to an aromatic ring is 1. The Morgan fingerprint density at radius 3 is 2.90 bits per heavy atom. The van der Waals surface area contributed by atoms with E-state index < -0.39 is 0 Å². The lowest BCUT2D eigenvalue weighted by Gasteiger charge is -2.30. The molecule has 3 rings (SSSR count). The number of aromatic nitrogens is 1. The van der Waals surface area contributed by atoms with Gasteiger partial charge in [-0.15, -0.1) is 28.3 Å². The Hall–Kier alpha value is -1.31. The topological polar surface area (TPSA) is 68.5 Å². The molecule has 0 bridgehead atoms. The van der Waals surface area contributed by atoms with Crippen LogP contribution in [0, 0.1) is 0 Å². The van der Waals surface area contributed by atoms with Gasteiger partial charge in [0.25, 0.3) is 0 Å². The quantitative estimate of drug-likeness (QED) is 0.810. The minimum atomic E-state index is -0.0411. The van der Waals surface area contributed by atoms with E-state index in [4.69, 9.17) is 22.1 Å². The smallest absolute Gasteiger partial charge is 0.224 e. The maximum atomic E-state index is 11.7. The third-order valence-electron chi connectivity index (χ3n) is 3.06. The van der Waals surface area contributed by atoms with Crippen molar-refractivity contribution in [3.8, 4) is 17.0 Å². The lowest BCUT2D eigenvalue weighted by atomic mass is 10.1. The van der Waals surface area contributed by atoms with Gasteiger partial charge in [-0.1, -0.05) is 11.6 Å². The second-order valence-corrected chi connectivity index (χ2v) is 5.72. The number of benzene rings is 1. The Kier molecular flexibility index (Phi) is 4.75. The van der Waals surface area contributed by atoms with Crippen LogP contribution in [0.15, 0.2) is 17.5 Å². The van der Waals surface area contributed by atoms with E-state index in [1.807, 2.05) is 5.38 Å². The summed E-state index contributed by atoms with van der Waals surface area (Å²) in [5.41, 5.74) is 7.81. The van der Waals surface area contributed by atoms with E-state index in [9.17, 15) is 4.79 Å². The average Bonchev–Trinajstić information content (AvgIpc) is 2.83. The molecule has 1 amide bonds. The highest BCUT2D eigenvalue weighted by atomic mass is 79.9. The molecule has 5 nitrogen and oxygen atoms in total. The van der Waals surface area contributed by atoms with E-state index in [-0.39, 0.29) is 22.9 Å². The second-order valence-electron chi connectivity index (χ2n) is 4.39. The van der Waals surface area contributed by atoms with Gasteiger partial charge < -0.3 is 15.4 Å². The van der Waals surface area contributed by atoms with Gasteiger partial charge in [0.05, 0.1) is 17.9 Å². The summed E-state index contributed by atoms with van der Waals surface area (Å²) in [4.78, 5) is 17.6. The number of carbonyl (C=O) groups is 1. The lowest BCUT2D eigenvalue weighted by Crippen LogP contribution is -2.36. The van der Waals surface area contributed by atoms with Crippen LogP contribution in [0.25, 0.3) is 11.3 Å². The summed E-state index contributed by atoms with van der Waals surface area (Å²) in [6.07, 6.45) is 0. The third-order valence-corrected chi connectivity index (χ3v) is 3.96. The molecule has 0 aliphatic carbocycles. The van der Waals surface area contributed by atoms with Crippen molar-refractivity contribution in [1.82, 2.24) is 4.98 Å². The molecule has 0 saturated heterocycles. The zero-order valence-electron chi connectivity index (χ0n) is 11.1. The van der Waals surface area contributed by atoms with E-state index in [0.717, 1.165) is 5.56 Å². The van der Waals surface area contributed by atoms with Crippen molar-refractivity contribution in [1.29, 1.82) is 0 Å². The molecule has 0 saturated carbocycles. The fourth-order valence-electron chi connectivity index (χ4n) is 2.22. The van der Waals surface area contributed by atoms with Gasteiger partial charge in [0.15, 0.2) is 10.9 Å². The van der Waals surface area contributed by atoms with Crippen molar-refractivity contribution in [3.05, 3.63) is 22.5 Å². The highest BCUT2D eigenvalue weighted by molar-refractivity contribution is 8.93. The zero-order valence-corrected chi connectivity index (χ0v) is 14.4. The summed E-state index contributed by atoms with van der Waals surface area (Å²) in [6, 6.07) is 3.51. The molecule has 0 unspecified atom stereocenters. The Balaban J connectivity index is 0.00000161. The number of hydrogen-bond acceptors (Lipinski definition) is 5. The fourth-order valence-corrected chi connectivity index (χ4v) is 3.00. The molecule has 1 aliphatic rings. The summed E-state index contributed by atoms with van der Waals surface area (Å²) in [5, 5.41) is 2.85. The van der Waals surface area contributed by atoms with Gasteiger partial charge in [0.1, 0.15) is 6.61 Å². The first kappa shape index (κ1) is 16.1. The minimum Gasteiger partial charge on any atom is -0.489 e. The van der Waals surface area contributed by atoms with Crippen LogP contribution in [-0.2, 0) is 4.79 Å². The number of nitrogens with zero attached hydrogens (tertiary/aromatic N) is 2. The van der Waals surface area contributed by atoms with Gasteiger partial charge >= 0.3 is 0 Å². The first-order chi connectivity index (χ1) is 9.56. The Morgan fingerprint density at radius 1 is 1.52 bits per heavy atom. The summed E-state index contributed by atoms with van der Waals surface area (Å²) < 4.78 is 5.72. The molecule has 2 heterocycles. The van der Waals surface area contributed by atoms with Crippen molar-refractivity contribution in [2.24, 2.45) is 0 Å². The molecule has 1 aromatic carbocycles. The van der Waals surface area contributed by atoms with Gasteiger partial charge in [0.2, 0.25) is 5.91 Å². The number of halogens is 2. The van der Waals surface area contributed by atoms with Crippen LogP contribution in [0.3, 0.4) is 0 Å². The number of hydrogen-bond donors (Lipinski definition) is 1. The van der Waals surface area contributed by atoms with Crippen molar-refractivity contribution in [2.45, 2.75) is 6.92 Å². The van der Waals surface area contributed by atoms with Crippen LogP contribution in [-0.4, -0.2) is 24.0 Å². The number of ether oxygens (including phenoxy) is 1. The first-order valence-corrected chi connectivity index (χ1v) is 7.28. The van der Waals surface area contributed by atoms with Crippen LogP contribution < -0.4 is 15.4 Å². The number of thiazole rings is 1. The number of fused-ring (bicyclic) bond motifs is 1. The van der Waals surface area contributed by atoms with Gasteiger partial charge in [-0.05, 0) is 12.1 Å². The predicted octanol–water partition coefficient (Wildman–Crippen LogP) is 3.37. The molecule has 112 valence electrons. The van der Waals surface area contributed by atoms with E-state index in [1.54, 1.807) is 17.0 Å². The standard InChI is InChI=1S/C13H12ClN3O2S.BrH/c1-7(18)17-2-3-19-12-9(4-8(14)5-11(12)17)10-6-20-13(15)16-10;/h4-6H,2-3H2,1H3,(H2,15,16);1H. The maximum absolute atomic E-state index is 11.7. The number of rotatable bonds is 1. The molecule has 0 fully saturated rings. The van der Waals surface area contributed by atoms with Crippen LogP contribution in [0.5, 0.6) is 5.75 Å². The molecule has 0 atom stereocenters. The van der Waals surface area contributed by atoms with Crippen LogP contribution in [0.1, 0.15) is 6.92 Å². The molecular formula is C13H13BrClN3O2S. The predicted molar refractivity (Wildman–Crippen MR) is 90.8 cm³/mol. The normalized spacial score (nSPS) is 13.1. The SMILES string of the molecule is Br.CC(=O)N1CCOc2c(-c3csc(N)n3)cc(Cl)cc21. The van der Waals surface area contributed by atoms with Crippen LogP contribution in [0.4, 0.5) is 10.8 Å². The molecule has 2 aromatic rings. The number of nitrogens with two attached hydrogens (primary N) is 1. The highest BCUT2D eigenvalue weighted by Crippen LogP contribution is 2.43. The molecule has 1 aromatic heterocycles. The summed E-state index contributed by atoms with van der Waals surface area (Å²) in [7, 11) is 0. The van der Waals surface area contributed by atoms with Gasteiger partial charge in [-0.3, -0.25) is 4.79 Å². The lowest BCUT2D eigenvalue weighted by molar-refractivity contribution is -0.116. The Morgan fingerprint density at radius 2 is 2.29 bits per heavy atom. The fraction of sp³-hybridized carbons (Fsp3) is 0.231. The molecule has 2 N–H and O–H groups in total. The minimum absolute atomic E-state index is 0. The van der Waals surface area contributed by atoms with E-state index in [2.05, 4.69) is 4.98 Å². The zero-order chi connectivity index (χ0) is 14.3. The van der Waals surface area contributed by atoms with Crippen molar-refractivity contribution in [2.75, 3.05) is 23.8 Å². The summed E-state index contributed by atoms with van der Waals surface area (Å²) in [5.74, 6) is 0.585. The van der Waals surface area contributed by atoms with Gasteiger partial charge in [0, 0.05) is 22.9 Å². The Labute approximate surface area is 141 Å². The average molecular weight is 391 g/mol. The van der Waals surface area contributed by atoms with Gasteiger partial charge in [-0.25, -0.2) is 4.98 Å². The molecule has 0 radical (unpaired) electrons. The van der Waals surface area contributed by atoms with Crippen LogP contribution >= 0.6 is 39.9 Å². The van der Waals surface area contributed by atoms with Crippen molar-refractivity contribution in [3.63, 3.8) is 0 Å². The number of amides is 1. The maximum Gasteiger partial charge on any atom is 0.224 e. The monoisotopic (exact) mass is 389 g/mol. The van der Waals surface area contributed by atoms with Crippen LogP contribution in [0.2, 0.25) is 5.02 Å². The summed E-state index contributed by atoms with van der Waals surface area (Å²) >= 11 is 7.51.